The normalized spacial score (nSPS) is 10.5. The van der Waals surface area contributed by atoms with Crippen molar-refractivity contribution in [2.45, 2.75) is 10.1 Å². The van der Waals surface area contributed by atoms with Gasteiger partial charge in [-0.15, -0.1) is 10.2 Å². The van der Waals surface area contributed by atoms with E-state index in [0.29, 0.717) is 9.47 Å². The molecule has 1 amide bonds. The molecule has 3 aromatic rings. The van der Waals surface area contributed by atoms with Crippen molar-refractivity contribution in [3.05, 3.63) is 74.2 Å². The third kappa shape index (κ3) is 4.65. The first-order valence-electron chi connectivity index (χ1n) is 7.28. The predicted octanol–water partition coefficient (Wildman–Crippen LogP) is 4.75. The van der Waals surface area contributed by atoms with Crippen LogP contribution in [0.25, 0.3) is 0 Å². The Hall–Kier alpha value is -2.30. The molecule has 0 saturated carbocycles. The van der Waals surface area contributed by atoms with Gasteiger partial charge in [-0.3, -0.25) is 20.2 Å². The number of hydrogen-bond donors (Lipinski definition) is 1. The molecule has 132 valence electrons. The third-order valence-corrected chi connectivity index (χ3v) is 5.82. The zero-order chi connectivity index (χ0) is 18.5. The van der Waals surface area contributed by atoms with Crippen molar-refractivity contribution in [1.29, 1.82) is 0 Å². The highest BCUT2D eigenvalue weighted by atomic mass is 79.9. The second-order valence-electron chi connectivity index (χ2n) is 5.02. The number of aromatic nitrogens is 2. The second-order valence-corrected chi connectivity index (χ2v) is 8.13. The number of carbonyl (C=O) groups excluding carboxylic acids is 1. The maximum atomic E-state index is 12.3. The molecule has 0 aliphatic heterocycles. The first-order valence-corrected chi connectivity index (χ1v) is 9.88. The van der Waals surface area contributed by atoms with E-state index in [2.05, 4.69) is 31.4 Å². The Kier molecular flexibility index (Phi) is 5.96. The summed E-state index contributed by atoms with van der Waals surface area (Å²) in [7, 11) is 0. The maximum Gasteiger partial charge on any atom is 0.282 e. The van der Waals surface area contributed by atoms with Crippen LogP contribution in [0.3, 0.4) is 0 Å². The van der Waals surface area contributed by atoms with Gasteiger partial charge in [0, 0.05) is 16.3 Å². The first kappa shape index (κ1) is 18.5. The van der Waals surface area contributed by atoms with E-state index in [0.717, 1.165) is 15.8 Å². The molecule has 0 radical (unpaired) electrons. The minimum Gasteiger partial charge on any atom is -0.296 e. The molecule has 0 saturated heterocycles. The molecule has 0 fully saturated rings. The first-order chi connectivity index (χ1) is 12.5. The van der Waals surface area contributed by atoms with Crippen LogP contribution in [-0.2, 0) is 5.75 Å². The molecule has 0 spiro atoms. The lowest BCUT2D eigenvalue weighted by Crippen LogP contribution is -2.13. The predicted molar refractivity (Wildman–Crippen MR) is 105 cm³/mol. The quantitative estimate of drug-likeness (QED) is 0.251. The number of nitro benzene ring substituents is 1. The number of nitrogens with zero attached hydrogens (tertiary/aromatic N) is 3. The molecule has 1 heterocycles. The van der Waals surface area contributed by atoms with E-state index >= 15 is 0 Å². The number of hydrogen-bond acceptors (Lipinski definition) is 7. The van der Waals surface area contributed by atoms with Crippen molar-refractivity contribution < 1.29 is 9.72 Å². The lowest BCUT2D eigenvalue weighted by atomic mass is 10.1. The van der Waals surface area contributed by atoms with Crippen molar-refractivity contribution in [2.24, 2.45) is 0 Å². The van der Waals surface area contributed by atoms with E-state index in [1.807, 2.05) is 24.3 Å². The van der Waals surface area contributed by atoms with Crippen molar-refractivity contribution in [3.8, 4) is 0 Å². The van der Waals surface area contributed by atoms with E-state index in [1.165, 1.54) is 41.3 Å². The SMILES string of the molecule is O=C(Nc1nnc(SCc2ccc(Br)cc2)s1)c1ccccc1[N+](=O)[O-]. The molecule has 1 N–H and O–H groups in total. The van der Waals surface area contributed by atoms with Gasteiger partial charge in [-0.25, -0.2) is 0 Å². The van der Waals surface area contributed by atoms with Crippen LogP contribution < -0.4 is 5.32 Å². The summed E-state index contributed by atoms with van der Waals surface area (Å²) in [5.41, 5.74) is 0.870. The van der Waals surface area contributed by atoms with Crippen LogP contribution in [-0.4, -0.2) is 21.0 Å². The van der Waals surface area contributed by atoms with Gasteiger partial charge in [0.1, 0.15) is 5.56 Å². The Balaban J connectivity index is 1.64. The molecule has 1 aromatic heterocycles. The number of amides is 1. The van der Waals surface area contributed by atoms with E-state index in [4.69, 9.17) is 0 Å². The third-order valence-electron chi connectivity index (χ3n) is 3.25. The zero-order valence-corrected chi connectivity index (χ0v) is 16.3. The van der Waals surface area contributed by atoms with Crippen LogP contribution in [0.2, 0.25) is 0 Å². The summed E-state index contributed by atoms with van der Waals surface area (Å²) < 4.78 is 1.72. The molecule has 26 heavy (non-hydrogen) atoms. The molecule has 0 aliphatic carbocycles. The van der Waals surface area contributed by atoms with Crippen molar-refractivity contribution in [1.82, 2.24) is 10.2 Å². The zero-order valence-electron chi connectivity index (χ0n) is 13.1. The average molecular weight is 451 g/mol. The van der Waals surface area contributed by atoms with Gasteiger partial charge in [-0.05, 0) is 23.8 Å². The van der Waals surface area contributed by atoms with Crippen LogP contribution in [0.4, 0.5) is 10.8 Å². The number of nitro groups is 1. The minimum absolute atomic E-state index is 0.0169. The minimum atomic E-state index is -0.589. The molecule has 0 bridgehead atoms. The van der Waals surface area contributed by atoms with E-state index in [-0.39, 0.29) is 11.3 Å². The van der Waals surface area contributed by atoms with Gasteiger partial charge in [0.2, 0.25) is 5.13 Å². The van der Waals surface area contributed by atoms with Gasteiger partial charge in [-0.2, -0.15) is 0 Å². The summed E-state index contributed by atoms with van der Waals surface area (Å²) >= 11 is 6.11. The van der Waals surface area contributed by atoms with Gasteiger partial charge in [0.05, 0.1) is 4.92 Å². The van der Waals surface area contributed by atoms with Crippen molar-refractivity contribution in [2.75, 3.05) is 5.32 Å². The fourth-order valence-corrected chi connectivity index (χ4v) is 4.00. The summed E-state index contributed by atoms with van der Waals surface area (Å²) in [4.78, 5) is 22.7. The van der Waals surface area contributed by atoms with E-state index in [1.54, 1.807) is 6.07 Å². The van der Waals surface area contributed by atoms with Gasteiger partial charge in [-0.1, -0.05) is 63.3 Å². The fourth-order valence-electron chi connectivity index (χ4n) is 2.03. The number of halogens is 1. The second kappa shape index (κ2) is 8.39. The largest absolute Gasteiger partial charge is 0.296 e. The molecule has 10 heteroatoms. The van der Waals surface area contributed by atoms with Gasteiger partial charge in [0.15, 0.2) is 4.34 Å². The Morgan fingerprint density at radius 2 is 1.92 bits per heavy atom. The fraction of sp³-hybridized carbons (Fsp3) is 0.0625. The van der Waals surface area contributed by atoms with E-state index in [9.17, 15) is 14.9 Å². The topological polar surface area (TPSA) is 98.0 Å². The lowest BCUT2D eigenvalue weighted by molar-refractivity contribution is -0.385. The maximum absolute atomic E-state index is 12.3. The molecule has 2 aromatic carbocycles. The molecule has 0 atom stereocenters. The Morgan fingerprint density at radius 3 is 2.65 bits per heavy atom. The number of carbonyl (C=O) groups is 1. The number of thioether (sulfide) groups is 1. The standard InChI is InChI=1S/C16H11BrN4O3S2/c17-11-7-5-10(6-8-11)9-25-16-20-19-15(26-16)18-14(22)12-3-1-2-4-13(12)21(23)24/h1-8H,9H2,(H,18,19,22). The monoisotopic (exact) mass is 450 g/mol. The smallest absolute Gasteiger partial charge is 0.282 e. The molecular weight excluding hydrogens is 440 g/mol. The highest BCUT2D eigenvalue weighted by Gasteiger charge is 2.20. The Morgan fingerprint density at radius 1 is 1.19 bits per heavy atom. The molecule has 0 aliphatic rings. The highest BCUT2D eigenvalue weighted by Crippen LogP contribution is 2.29. The highest BCUT2D eigenvalue weighted by molar-refractivity contribution is 9.10. The molecular formula is C16H11BrN4O3S2. The molecule has 3 rings (SSSR count). The van der Waals surface area contributed by atoms with Gasteiger partial charge in [0.25, 0.3) is 11.6 Å². The number of para-hydroxylation sites is 1. The lowest BCUT2D eigenvalue weighted by Gasteiger charge is -2.02. The van der Waals surface area contributed by atoms with Crippen LogP contribution >= 0.6 is 39.0 Å². The van der Waals surface area contributed by atoms with Crippen molar-refractivity contribution in [3.63, 3.8) is 0 Å². The average Bonchev–Trinajstić information content (AvgIpc) is 3.08. The summed E-state index contributed by atoms with van der Waals surface area (Å²) in [6.45, 7) is 0. The summed E-state index contributed by atoms with van der Waals surface area (Å²) in [6, 6.07) is 13.7. The summed E-state index contributed by atoms with van der Waals surface area (Å²) in [6.07, 6.45) is 0. The number of anilines is 1. The Labute approximate surface area is 165 Å². The van der Waals surface area contributed by atoms with E-state index < -0.39 is 10.8 Å². The van der Waals surface area contributed by atoms with Gasteiger partial charge < -0.3 is 0 Å². The summed E-state index contributed by atoms with van der Waals surface area (Å²) in [5.74, 6) is 0.137. The van der Waals surface area contributed by atoms with Gasteiger partial charge >= 0.3 is 0 Å². The number of rotatable bonds is 6. The molecule has 0 unspecified atom stereocenters. The van der Waals surface area contributed by atoms with Crippen LogP contribution in [0, 0.1) is 10.1 Å². The molecule has 7 nitrogen and oxygen atoms in total. The van der Waals surface area contributed by atoms with Crippen LogP contribution in [0.1, 0.15) is 15.9 Å². The Bertz CT molecular complexity index is 947. The van der Waals surface area contributed by atoms with Crippen LogP contribution in [0.5, 0.6) is 0 Å². The van der Waals surface area contributed by atoms with Crippen LogP contribution in [0.15, 0.2) is 57.3 Å². The van der Waals surface area contributed by atoms with Crippen molar-refractivity contribution >= 4 is 55.8 Å². The number of benzene rings is 2. The summed E-state index contributed by atoms with van der Waals surface area (Å²) in [5, 5.41) is 21.8. The number of nitrogens with one attached hydrogen (secondary N) is 1.